The summed E-state index contributed by atoms with van der Waals surface area (Å²) in [6, 6.07) is 3.67. The molecule has 0 spiro atoms. The molecule has 154 valence electrons. The highest BCUT2D eigenvalue weighted by atomic mass is 35.5. The van der Waals surface area contributed by atoms with Crippen LogP contribution in [0.1, 0.15) is 26.7 Å². The van der Waals surface area contributed by atoms with Gasteiger partial charge in [0, 0.05) is 32.0 Å². The topological polar surface area (TPSA) is 144 Å². The van der Waals surface area contributed by atoms with Gasteiger partial charge in [-0.25, -0.2) is 8.42 Å². The van der Waals surface area contributed by atoms with Crippen molar-refractivity contribution in [2.24, 2.45) is 11.1 Å². The summed E-state index contributed by atoms with van der Waals surface area (Å²) in [4.78, 5) is 22.7. The van der Waals surface area contributed by atoms with E-state index in [2.05, 4.69) is 10.6 Å². The van der Waals surface area contributed by atoms with Crippen molar-refractivity contribution in [3.63, 3.8) is 0 Å². The number of halogens is 1. The first-order valence-corrected chi connectivity index (χ1v) is 10.2. The number of nitro groups is 1. The Balaban J connectivity index is 0.00000676. The van der Waals surface area contributed by atoms with Gasteiger partial charge in [-0.1, -0.05) is 13.8 Å². The zero-order valence-corrected chi connectivity index (χ0v) is 17.3. The van der Waals surface area contributed by atoms with Gasteiger partial charge >= 0.3 is 0 Å². The Morgan fingerprint density at radius 1 is 1.26 bits per heavy atom. The molecule has 0 fully saturated rings. The van der Waals surface area contributed by atoms with Gasteiger partial charge in [0.15, 0.2) is 9.84 Å². The molecule has 4 N–H and O–H groups in total. The lowest BCUT2D eigenvalue weighted by molar-refractivity contribution is -0.384. The molecular formula is C16H27ClN4O5S. The summed E-state index contributed by atoms with van der Waals surface area (Å²) in [7, 11) is -3.54. The monoisotopic (exact) mass is 422 g/mol. The molecule has 0 heterocycles. The number of amides is 1. The van der Waals surface area contributed by atoms with Crippen LogP contribution in [0.4, 0.5) is 11.4 Å². The van der Waals surface area contributed by atoms with Crippen LogP contribution in [0.5, 0.6) is 0 Å². The molecule has 0 aromatic heterocycles. The third-order valence-corrected chi connectivity index (χ3v) is 5.66. The number of nitrogens with two attached hydrogens (primary N) is 1. The summed E-state index contributed by atoms with van der Waals surface area (Å²) in [6.45, 7) is 4.56. The number of nitrogens with one attached hydrogen (secondary N) is 2. The summed E-state index contributed by atoms with van der Waals surface area (Å²) in [5.74, 6) is -0.145. The van der Waals surface area contributed by atoms with E-state index in [-0.39, 0.29) is 54.2 Å². The zero-order valence-electron chi connectivity index (χ0n) is 15.6. The highest BCUT2D eigenvalue weighted by Gasteiger charge is 2.32. The average Bonchev–Trinajstić information content (AvgIpc) is 2.59. The lowest BCUT2D eigenvalue weighted by Crippen LogP contribution is -2.46. The smallest absolute Gasteiger partial charge is 0.293 e. The van der Waals surface area contributed by atoms with E-state index in [4.69, 9.17) is 5.73 Å². The van der Waals surface area contributed by atoms with E-state index in [0.29, 0.717) is 12.8 Å². The van der Waals surface area contributed by atoms with Gasteiger partial charge in [0.1, 0.15) is 5.69 Å². The standard InChI is InChI=1S/C16H26N4O5S.ClH/c1-4-16(5-2,11-17)15(21)19-9-8-18-13-7-6-12(26(3,24)25)10-14(13)20(22)23;/h6-7,10,18H,4-5,8-9,11,17H2,1-3H3,(H,19,21);1H. The molecule has 1 aromatic carbocycles. The van der Waals surface area contributed by atoms with Gasteiger partial charge < -0.3 is 16.4 Å². The van der Waals surface area contributed by atoms with Crippen LogP contribution in [0.25, 0.3) is 0 Å². The van der Waals surface area contributed by atoms with Crippen molar-refractivity contribution in [2.75, 3.05) is 31.2 Å². The second-order valence-corrected chi connectivity index (χ2v) is 8.10. The van der Waals surface area contributed by atoms with Crippen LogP contribution in [0.2, 0.25) is 0 Å². The number of hydrogen-bond acceptors (Lipinski definition) is 7. The molecule has 0 aliphatic carbocycles. The van der Waals surface area contributed by atoms with Gasteiger partial charge in [-0.2, -0.15) is 0 Å². The van der Waals surface area contributed by atoms with Crippen LogP contribution in [-0.2, 0) is 14.6 Å². The van der Waals surface area contributed by atoms with Gasteiger partial charge in [0.05, 0.1) is 15.2 Å². The Morgan fingerprint density at radius 2 is 1.85 bits per heavy atom. The third kappa shape index (κ3) is 6.33. The molecule has 0 saturated carbocycles. The van der Waals surface area contributed by atoms with E-state index in [1.54, 1.807) is 0 Å². The number of benzene rings is 1. The fraction of sp³-hybridized carbons (Fsp3) is 0.562. The number of hydrogen-bond donors (Lipinski definition) is 3. The molecule has 0 aliphatic heterocycles. The number of carbonyl (C=O) groups is 1. The second kappa shape index (κ2) is 10.4. The predicted molar refractivity (Wildman–Crippen MR) is 107 cm³/mol. The van der Waals surface area contributed by atoms with Crippen molar-refractivity contribution < 1.29 is 18.1 Å². The fourth-order valence-electron chi connectivity index (χ4n) is 2.56. The maximum absolute atomic E-state index is 12.3. The van der Waals surface area contributed by atoms with E-state index in [1.807, 2.05) is 13.8 Å². The lowest BCUT2D eigenvalue weighted by Gasteiger charge is -2.28. The highest BCUT2D eigenvalue weighted by Crippen LogP contribution is 2.27. The van der Waals surface area contributed by atoms with Crippen molar-refractivity contribution in [3.05, 3.63) is 28.3 Å². The Kier molecular flexibility index (Phi) is 9.69. The molecule has 0 saturated heterocycles. The molecule has 0 radical (unpaired) electrons. The maximum atomic E-state index is 12.3. The van der Waals surface area contributed by atoms with Crippen LogP contribution >= 0.6 is 12.4 Å². The summed E-state index contributed by atoms with van der Waals surface area (Å²) < 4.78 is 23.1. The normalized spacial score (nSPS) is 11.4. The first-order chi connectivity index (χ1) is 12.1. The molecule has 11 heteroatoms. The van der Waals surface area contributed by atoms with E-state index >= 15 is 0 Å². The fourth-order valence-corrected chi connectivity index (χ4v) is 3.20. The summed E-state index contributed by atoms with van der Waals surface area (Å²) in [5.41, 5.74) is 4.97. The van der Waals surface area contributed by atoms with Gasteiger partial charge in [-0.05, 0) is 25.0 Å². The first-order valence-electron chi connectivity index (χ1n) is 8.32. The highest BCUT2D eigenvalue weighted by molar-refractivity contribution is 7.90. The molecule has 1 aromatic rings. The van der Waals surface area contributed by atoms with Gasteiger partial charge in [-0.3, -0.25) is 14.9 Å². The minimum absolute atomic E-state index is 0. The SMILES string of the molecule is CCC(CC)(CN)C(=O)NCCNc1ccc(S(C)(=O)=O)cc1[N+](=O)[O-].Cl. The molecule has 0 unspecified atom stereocenters. The molecule has 1 amide bonds. The Labute approximate surface area is 165 Å². The largest absolute Gasteiger partial charge is 0.378 e. The van der Waals surface area contributed by atoms with Gasteiger partial charge in [-0.15, -0.1) is 12.4 Å². The molecule has 27 heavy (non-hydrogen) atoms. The number of nitro benzene ring substituents is 1. The first kappa shape index (κ1) is 25.1. The number of anilines is 1. The number of nitrogens with zero attached hydrogens (tertiary/aromatic N) is 1. The predicted octanol–water partition coefficient (Wildman–Crippen LogP) is 1.71. The summed E-state index contributed by atoms with van der Waals surface area (Å²) >= 11 is 0. The Bertz CT molecular complexity index is 758. The molecule has 0 bridgehead atoms. The van der Waals surface area contributed by atoms with Crippen molar-refractivity contribution in [1.29, 1.82) is 0 Å². The van der Waals surface area contributed by atoms with Gasteiger partial charge in [0.25, 0.3) is 5.69 Å². The maximum Gasteiger partial charge on any atom is 0.293 e. The van der Waals surface area contributed by atoms with Crippen LogP contribution < -0.4 is 16.4 Å². The van der Waals surface area contributed by atoms with Crippen LogP contribution in [0.3, 0.4) is 0 Å². The van der Waals surface area contributed by atoms with Crippen molar-refractivity contribution in [1.82, 2.24) is 5.32 Å². The lowest BCUT2D eigenvalue weighted by atomic mass is 9.81. The minimum Gasteiger partial charge on any atom is -0.378 e. The second-order valence-electron chi connectivity index (χ2n) is 6.08. The van der Waals surface area contributed by atoms with E-state index in [1.165, 1.54) is 12.1 Å². The molecule has 0 aliphatic rings. The van der Waals surface area contributed by atoms with Crippen LogP contribution in [0.15, 0.2) is 23.1 Å². The summed E-state index contributed by atoms with van der Waals surface area (Å²) in [6.07, 6.45) is 2.23. The van der Waals surface area contributed by atoms with E-state index in [0.717, 1.165) is 12.3 Å². The quantitative estimate of drug-likeness (QED) is 0.295. The van der Waals surface area contributed by atoms with Crippen molar-refractivity contribution in [3.8, 4) is 0 Å². The minimum atomic E-state index is -3.54. The van der Waals surface area contributed by atoms with Crippen molar-refractivity contribution >= 4 is 39.5 Å². The Morgan fingerprint density at radius 3 is 2.30 bits per heavy atom. The van der Waals surface area contributed by atoms with E-state index < -0.39 is 20.2 Å². The molecule has 0 atom stereocenters. The zero-order chi connectivity index (χ0) is 20.0. The molecular weight excluding hydrogens is 396 g/mol. The van der Waals surface area contributed by atoms with E-state index in [9.17, 15) is 23.3 Å². The van der Waals surface area contributed by atoms with Crippen molar-refractivity contribution in [2.45, 2.75) is 31.6 Å². The Hall–Kier alpha value is -1.91. The van der Waals surface area contributed by atoms with Crippen LogP contribution in [-0.4, -0.2) is 45.1 Å². The summed E-state index contributed by atoms with van der Waals surface area (Å²) in [5, 5.41) is 16.8. The molecule has 1 rings (SSSR count). The number of sulfone groups is 1. The number of rotatable bonds is 10. The van der Waals surface area contributed by atoms with Crippen LogP contribution in [0, 0.1) is 15.5 Å². The molecule has 9 nitrogen and oxygen atoms in total. The number of carbonyl (C=O) groups excluding carboxylic acids is 1. The third-order valence-electron chi connectivity index (χ3n) is 4.55. The average molecular weight is 423 g/mol. The van der Waals surface area contributed by atoms with Gasteiger partial charge in [0.2, 0.25) is 5.91 Å².